The first-order chi connectivity index (χ1) is 26.5. The molecule has 54 heavy (non-hydrogen) atoms. The number of rotatable bonds is 4. The van der Waals surface area contributed by atoms with Crippen LogP contribution in [0.2, 0.25) is 13.1 Å². The van der Waals surface area contributed by atoms with Crippen molar-refractivity contribution in [2.75, 3.05) is 0 Å². The molecule has 0 unspecified atom stereocenters. The molecule has 0 bridgehead atoms. The van der Waals surface area contributed by atoms with Crippen molar-refractivity contribution in [2.45, 2.75) is 13.1 Å². The van der Waals surface area contributed by atoms with E-state index in [0.29, 0.717) is 0 Å². The van der Waals surface area contributed by atoms with Crippen molar-refractivity contribution in [1.29, 1.82) is 0 Å². The van der Waals surface area contributed by atoms with Gasteiger partial charge in [0.25, 0.3) is 0 Å². The van der Waals surface area contributed by atoms with Gasteiger partial charge >= 0.3 is 0 Å². The van der Waals surface area contributed by atoms with E-state index in [1.807, 2.05) is 0 Å². The first-order valence-corrected chi connectivity index (χ1v) is 21.7. The molecule has 8 aromatic carbocycles. The molecule has 1 aliphatic heterocycles. The lowest BCUT2D eigenvalue weighted by atomic mass is 9.98. The topological polar surface area (TPSA) is 30.7 Å². The van der Waals surface area contributed by atoms with Crippen LogP contribution in [0.1, 0.15) is 0 Å². The molecule has 3 nitrogen and oxygen atoms in total. The van der Waals surface area contributed by atoms with E-state index >= 15 is 0 Å². The zero-order valence-electron chi connectivity index (χ0n) is 30.1. The highest BCUT2D eigenvalue weighted by Gasteiger charge is 2.39. The Morgan fingerprint density at radius 3 is 2.04 bits per heavy atom. The lowest BCUT2D eigenvalue weighted by molar-refractivity contribution is 1.18. The molecular formula is C50H35N3Si. The van der Waals surface area contributed by atoms with E-state index in [1.165, 1.54) is 59.5 Å². The Labute approximate surface area is 314 Å². The third-order valence-electron chi connectivity index (χ3n) is 11.6. The summed E-state index contributed by atoms with van der Waals surface area (Å²) < 4.78 is 2.39. The molecule has 0 saturated heterocycles. The predicted octanol–water partition coefficient (Wildman–Crippen LogP) is 11.7. The zero-order valence-corrected chi connectivity index (χ0v) is 31.1. The lowest BCUT2D eigenvalue weighted by Crippen LogP contribution is -2.49. The van der Waals surface area contributed by atoms with Crippen LogP contribution in [0.3, 0.4) is 0 Å². The Kier molecular flexibility index (Phi) is 6.70. The fourth-order valence-electron chi connectivity index (χ4n) is 9.09. The van der Waals surface area contributed by atoms with Crippen LogP contribution < -0.4 is 10.4 Å². The van der Waals surface area contributed by atoms with Gasteiger partial charge in [0.1, 0.15) is 8.07 Å². The summed E-state index contributed by atoms with van der Waals surface area (Å²) in [5, 5.41) is 9.14. The van der Waals surface area contributed by atoms with Crippen molar-refractivity contribution in [3.8, 4) is 50.6 Å². The van der Waals surface area contributed by atoms with Crippen molar-refractivity contribution < 1.29 is 0 Å². The minimum Gasteiger partial charge on any atom is -0.309 e. The zero-order chi connectivity index (χ0) is 36.0. The number of nitrogens with zero attached hydrogens (tertiary/aromatic N) is 3. The molecule has 3 heterocycles. The van der Waals surface area contributed by atoms with Crippen molar-refractivity contribution in [2.24, 2.45) is 0 Å². The quantitative estimate of drug-likeness (QED) is 0.171. The van der Waals surface area contributed by atoms with Gasteiger partial charge in [0, 0.05) is 33.0 Å². The molecule has 11 rings (SSSR count). The second-order valence-corrected chi connectivity index (χ2v) is 19.3. The number of fused-ring (bicyclic) bond motifs is 10. The summed E-state index contributed by atoms with van der Waals surface area (Å²) in [7, 11) is -2.02. The maximum absolute atomic E-state index is 5.45. The van der Waals surface area contributed by atoms with E-state index in [1.54, 1.807) is 0 Å². The van der Waals surface area contributed by atoms with E-state index < -0.39 is 8.07 Å². The van der Waals surface area contributed by atoms with Crippen LogP contribution in [0, 0.1) is 0 Å². The predicted molar refractivity (Wildman–Crippen MR) is 230 cm³/mol. The first-order valence-electron chi connectivity index (χ1n) is 18.7. The highest BCUT2D eigenvalue weighted by Crippen LogP contribution is 2.40. The first kappa shape index (κ1) is 31.0. The van der Waals surface area contributed by atoms with Gasteiger partial charge in [-0.2, -0.15) is 0 Å². The Morgan fingerprint density at radius 2 is 1.17 bits per heavy atom. The highest BCUT2D eigenvalue weighted by molar-refractivity contribution is 7.05. The van der Waals surface area contributed by atoms with E-state index in [-0.39, 0.29) is 0 Å². The standard InChI is InChI=1S/C50H35N3Si/c1-54(2)45-23-12-11-22-39(45)40-26-27-42-47(49(40)54)48(33-15-5-3-6-16-33)52-50(51-42)36-18-13-17-34(30-36)35-25-28-43-41(31-35)46-38-21-10-9-14-32(38)24-29-44(46)53(43)37-19-7-4-8-20-37/h3-31H,1-2H3. The summed E-state index contributed by atoms with van der Waals surface area (Å²) in [5.74, 6) is 0.742. The van der Waals surface area contributed by atoms with Crippen molar-refractivity contribution in [1.82, 2.24) is 14.5 Å². The second kappa shape index (κ2) is 11.7. The number of para-hydroxylation sites is 1. The second-order valence-electron chi connectivity index (χ2n) is 15.0. The van der Waals surface area contributed by atoms with Gasteiger partial charge in [0.2, 0.25) is 0 Å². The van der Waals surface area contributed by atoms with Crippen LogP contribution in [0.5, 0.6) is 0 Å². The summed E-state index contributed by atoms with van der Waals surface area (Å²) in [5.41, 5.74) is 12.7. The Bertz CT molecular complexity index is 3120. The van der Waals surface area contributed by atoms with E-state index in [4.69, 9.17) is 9.97 Å². The molecule has 0 fully saturated rings. The summed E-state index contributed by atoms with van der Waals surface area (Å²) in [6, 6.07) is 63.7. The largest absolute Gasteiger partial charge is 0.309 e. The molecule has 10 aromatic rings. The molecule has 0 N–H and O–H groups in total. The maximum Gasteiger partial charge on any atom is 0.160 e. The third kappa shape index (κ3) is 4.53. The Hall–Kier alpha value is -6.62. The molecule has 0 radical (unpaired) electrons. The smallest absolute Gasteiger partial charge is 0.160 e. The summed E-state index contributed by atoms with van der Waals surface area (Å²) >= 11 is 0. The Morgan fingerprint density at radius 1 is 0.463 bits per heavy atom. The number of hydrogen-bond acceptors (Lipinski definition) is 2. The number of benzene rings is 8. The molecule has 4 heteroatoms. The normalized spacial score (nSPS) is 13.1. The average molecular weight is 706 g/mol. The molecule has 1 aliphatic rings. The van der Waals surface area contributed by atoms with Crippen molar-refractivity contribution in [3.63, 3.8) is 0 Å². The monoisotopic (exact) mass is 705 g/mol. The minimum absolute atomic E-state index is 0.742. The number of hydrogen-bond donors (Lipinski definition) is 0. The van der Waals surface area contributed by atoms with Crippen molar-refractivity contribution in [3.05, 3.63) is 176 Å². The molecule has 0 spiro atoms. The van der Waals surface area contributed by atoms with Crippen LogP contribution in [-0.4, -0.2) is 22.6 Å². The van der Waals surface area contributed by atoms with Gasteiger partial charge in [-0.15, -0.1) is 0 Å². The SMILES string of the molecule is C[Si]1(C)c2ccccc2-c2ccc3nc(-c4cccc(-c5ccc6c(c5)c5c7ccccc7ccc5n6-c5ccccc5)c4)nc(-c4ccccc4)c3c21. The van der Waals surface area contributed by atoms with Crippen molar-refractivity contribution >= 4 is 61.9 Å². The van der Waals surface area contributed by atoms with Crippen LogP contribution >= 0.6 is 0 Å². The average Bonchev–Trinajstić information content (AvgIpc) is 3.69. The third-order valence-corrected chi connectivity index (χ3v) is 15.1. The molecule has 0 saturated carbocycles. The fourth-order valence-corrected chi connectivity index (χ4v) is 12.5. The van der Waals surface area contributed by atoms with Gasteiger partial charge in [0.15, 0.2) is 5.82 Å². The number of aromatic nitrogens is 3. The molecule has 0 aliphatic carbocycles. The summed E-state index contributed by atoms with van der Waals surface area (Å²) in [4.78, 5) is 10.8. The van der Waals surface area contributed by atoms with Gasteiger partial charge in [0.05, 0.1) is 22.2 Å². The van der Waals surface area contributed by atoms with E-state index in [2.05, 4.69) is 194 Å². The summed E-state index contributed by atoms with van der Waals surface area (Å²) in [6.07, 6.45) is 0. The highest BCUT2D eigenvalue weighted by atomic mass is 28.3. The van der Waals surface area contributed by atoms with Gasteiger partial charge < -0.3 is 4.57 Å². The molecule has 0 amide bonds. The van der Waals surface area contributed by atoms with Crippen LogP contribution in [0.15, 0.2) is 176 Å². The van der Waals surface area contributed by atoms with Gasteiger partial charge in [-0.3, -0.25) is 0 Å². The molecule has 0 atom stereocenters. The molecule has 254 valence electrons. The van der Waals surface area contributed by atoms with Crippen LogP contribution in [0.4, 0.5) is 0 Å². The summed E-state index contributed by atoms with van der Waals surface area (Å²) in [6.45, 7) is 4.94. The van der Waals surface area contributed by atoms with Crippen LogP contribution in [0.25, 0.3) is 94.1 Å². The maximum atomic E-state index is 5.45. The molecule has 2 aromatic heterocycles. The molecular weight excluding hydrogens is 671 g/mol. The van der Waals surface area contributed by atoms with Gasteiger partial charge in [-0.1, -0.05) is 147 Å². The minimum atomic E-state index is -2.02. The van der Waals surface area contributed by atoms with E-state index in [9.17, 15) is 0 Å². The lowest BCUT2D eigenvalue weighted by Gasteiger charge is -2.22. The van der Waals surface area contributed by atoms with E-state index in [0.717, 1.165) is 45.0 Å². The van der Waals surface area contributed by atoms with Crippen LogP contribution in [-0.2, 0) is 0 Å². The Balaban J connectivity index is 1.11. The van der Waals surface area contributed by atoms with Gasteiger partial charge in [-0.05, 0) is 85.9 Å². The van der Waals surface area contributed by atoms with Gasteiger partial charge in [-0.25, -0.2) is 9.97 Å². The fraction of sp³-hybridized carbons (Fsp3) is 0.0400.